The van der Waals surface area contributed by atoms with Crippen LogP contribution in [0.2, 0.25) is 0 Å². The first-order chi connectivity index (χ1) is 13.4. The SMILES string of the molecule is Cc1cc(C(=O)CN2C(=O)c3ccccc3C2=O)c(C)n1-c1cccc(F)c1. The highest BCUT2D eigenvalue weighted by Gasteiger charge is 2.36. The van der Waals surface area contributed by atoms with Gasteiger partial charge in [-0.25, -0.2) is 4.39 Å². The van der Waals surface area contributed by atoms with Gasteiger partial charge in [0.1, 0.15) is 5.82 Å². The van der Waals surface area contributed by atoms with E-state index in [0.717, 1.165) is 10.6 Å². The average molecular weight is 376 g/mol. The summed E-state index contributed by atoms with van der Waals surface area (Å²) in [6, 6.07) is 14.3. The van der Waals surface area contributed by atoms with E-state index in [1.54, 1.807) is 54.0 Å². The van der Waals surface area contributed by atoms with Gasteiger partial charge in [-0.2, -0.15) is 0 Å². The molecule has 0 bridgehead atoms. The van der Waals surface area contributed by atoms with Crippen LogP contribution in [0.4, 0.5) is 4.39 Å². The number of hydrogen-bond donors (Lipinski definition) is 0. The molecule has 3 aromatic rings. The maximum Gasteiger partial charge on any atom is 0.261 e. The highest BCUT2D eigenvalue weighted by molar-refractivity contribution is 6.23. The van der Waals surface area contributed by atoms with Crippen LogP contribution in [0.25, 0.3) is 5.69 Å². The summed E-state index contributed by atoms with van der Waals surface area (Å²) in [5.41, 5.74) is 3.02. The molecule has 0 atom stereocenters. The minimum Gasteiger partial charge on any atom is -0.318 e. The lowest BCUT2D eigenvalue weighted by Crippen LogP contribution is -2.35. The van der Waals surface area contributed by atoms with Gasteiger partial charge in [0.15, 0.2) is 5.78 Å². The fourth-order valence-corrected chi connectivity index (χ4v) is 3.67. The van der Waals surface area contributed by atoms with Crippen LogP contribution in [0.3, 0.4) is 0 Å². The van der Waals surface area contributed by atoms with Crippen molar-refractivity contribution >= 4 is 17.6 Å². The van der Waals surface area contributed by atoms with Crippen molar-refractivity contribution in [1.82, 2.24) is 9.47 Å². The van der Waals surface area contributed by atoms with E-state index in [1.807, 2.05) is 6.92 Å². The van der Waals surface area contributed by atoms with Crippen LogP contribution in [-0.4, -0.2) is 33.6 Å². The highest BCUT2D eigenvalue weighted by atomic mass is 19.1. The van der Waals surface area contributed by atoms with Crippen LogP contribution >= 0.6 is 0 Å². The number of carbonyl (C=O) groups is 3. The molecule has 140 valence electrons. The molecule has 2 amide bonds. The Morgan fingerprint density at radius 3 is 2.18 bits per heavy atom. The third-order valence-corrected chi connectivity index (χ3v) is 4.98. The van der Waals surface area contributed by atoms with Gasteiger partial charge >= 0.3 is 0 Å². The third kappa shape index (κ3) is 2.74. The fourth-order valence-electron chi connectivity index (χ4n) is 3.67. The van der Waals surface area contributed by atoms with Crippen molar-refractivity contribution in [2.75, 3.05) is 6.54 Å². The summed E-state index contributed by atoms with van der Waals surface area (Å²) in [4.78, 5) is 38.9. The van der Waals surface area contributed by atoms with E-state index in [9.17, 15) is 18.8 Å². The van der Waals surface area contributed by atoms with Crippen LogP contribution in [0.1, 0.15) is 42.5 Å². The average Bonchev–Trinajstić information content (AvgIpc) is 3.10. The summed E-state index contributed by atoms with van der Waals surface area (Å²) in [5, 5.41) is 0. The van der Waals surface area contributed by atoms with Crippen molar-refractivity contribution in [3.05, 3.63) is 88.5 Å². The molecule has 1 aliphatic rings. The first-order valence-corrected chi connectivity index (χ1v) is 8.82. The van der Waals surface area contributed by atoms with Gasteiger partial charge in [-0.1, -0.05) is 18.2 Å². The van der Waals surface area contributed by atoms with Gasteiger partial charge < -0.3 is 4.57 Å². The van der Waals surface area contributed by atoms with E-state index in [-0.39, 0.29) is 18.1 Å². The Balaban J connectivity index is 1.65. The van der Waals surface area contributed by atoms with Crippen LogP contribution in [0.5, 0.6) is 0 Å². The lowest BCUT2D eigenvalue weighted by atomic mass is 10.1. The van der Waals surface area contributed by atoms with Crippen molar-refractivity contribution in [3.63, 3.8) is 0 Å². The number of halogens is 1. The van der Waals surface area contributed by atoms with Crippen LogP contribution in [-0.2, 0) is 0 Å². The van der Waals surface area contributed by atoms with Gasteiger partial charge in [-0.05, 0) is 50.2 Å². The molecule has 28 heavy (non-hydrogen) atoms. The second kappa shape index (κ2) is 6.56. The molecule has 0 saturated heterocycles. The molecule has 2 aromatic carbocycles. The molecule has 1 aliphatic heterocycles. The molecule has 6 heteroatoms. The standard InChI is InChI=1S/C22H17FN2O3/c1-13-10-19(14(2)25(13)16-7-5-6-15(23)11-16)20(26)12-24-21(27)17-8-3-4-9-18(17)22(24)28/h3-11H,12H2,1-2H3. The number of fused-ring (bicyclic) bond motifs is 1. The first kappa shape index (κ1) is 17.9. The number of carbonyl (C=O) groups excluding carboxylic acids is 3. The molecule has 2 heterocycles. The molecule has 0 aliphatic carbocycles. The van der Waals surface area contributed by atoms with Gasteiger partial charge in [0.2, 0.25) is 0 Å². The minimum atomic E-state index is -0.465. The summed E-state index contributed by atoms with van der Waals surface area (Å²) < 4.78 is 15.4. The molecule has 0 radical (unpaired) electrons. The maximum absolute atomic E-state index is 13.6. The van der Waals surface area contributed by atoms with E-state index >= 15 is 0 Å². The zero-order chi connectivity index (χ0) is 20.0. The topological polar surface area (TPSA) is 59.4 Å². The van der Waals surface area contributed by atoms with Gasteiger partial charge in [0.05, 0.1) is 17.7 Å². The molecular formula is C22H17FN2O3. The van der Waals surface area contributed by atoms with E-state index in [2.05, 4.69) is 0 Å². The zero-order valence-electron chi connectivity index (χ0n) is 15.4. The molecule has 4 rings (SSSR count). The third-order valence-electron chi connectivity index (χ3n) is 4.98. The number of ketones is 1. The van der Waals surface area contributed by atoms with Crippen molar-refractivity contribution < 1.29 is 18.8 Å². The fraction of sp³-hybridized carbons (Fsp3) is 0.136. The van der Waals surface area contributed by atoms with Crippen molar-refractivity contribution in [1.29, 1.82) is 0 Å². The van der Waals surface area contributed by atoms with E-state index in [0.29, 0.717) is 28.1 Å². The second-order valence-electron chi connectivity index (χ2n) is 6.77. The number of aromatic nitrogens is 1. The van der Waals surface area contributed by atoms with E-state index in [4.69, 9.17) is 0 Å². The van der Waals surface area contributed by atoms with Crippen molar-refractivity contribution in [3.8, 4) is 5.69 Å². The molecule has 5 nitrogen and oxygen atoms in total. The van der Waals surface area contributed by atoms with Crippen LogP contribution < -0.4 is 0 Å². The molecule has 1 aromatic heterocycles. The molecule has 0 N–H and O–H groups in total. The Kier molecular flexibility index (Phi) is 4.19. The number of aryl methyl sites for hydroxylation is 1. The Bertz CT molecular complexity index is 1110. The monoisotopic (exact) mass is 376 g/mol. The predicted molar refractivity (Wildman–Crippen MR) is 101 cm³/mol. The Morgan fingerprint density at radius 2 is 1.57 bits per heavy atom. The summed E-state index contributed by atoms with van der Waals surface area (Å²) in [6.45, 7) is 3.24. The lowest BCUT2D eigenvalue weighted by molar-refractivity contribution is 0.0624. The smallest absolute Gasteiger partial charge is 0.261 e. The Hall–Kier alpha value is -3.54. The number of nitrogens with zero attached hydrogens (tertiary/aromatic N) is 2. The van der Waals surface area contributed by atoms with Gasteiger partial charge in [-0.3, -0.25) is 19.3 Å². The van der Waals surface area contributed by atoms with Crippen molar-refractivity contribution in [2.45, 2.75) is 13.8 Å². The number of rotatable bonds is 4. The van der Waals surface area contributed by atoms with E-state index < -0.39 is 11.8 Å². The second-order valence-corrected chi connectivity index (χ2v) is 6.77. The first-order valence-electron chi connectivity index (χ1n) is 8.82. The summed E-state index contributed by atoms with van der Waals surface area (Å²) in [7, 11) is 0. The quantitative estimate of drug-likeness (QED) is 0.515. The maximum atomic E-state index is 13.6. The van der Waals surface area contributed by atoms with Gasteiger partial charge in [-0.15, -0.1) is 0 Å². The Morgan fingerprint density at radius 1 is 0.929 bits per heavy atom. The number of amides is 2. The van der Waals surface area contributed by atoms with E-state index in [1.165, 1.54) is 12.1 Å². The normalized spacial score (nSPS) is 13.2. The number of Topliss-reactive ketones (excluding diaryl/α,β-unsaturated/α-hetero) is 1. The molecule has 0 saturated carbocycles. The summed E-state index contributed by atoms with van der Waals surface area (Å²) in [6.07, 6.45) is 0. The number of benzene rings is 2. The van der Waals surface area contributed by atoms with Gasteiger partial charge in [0.25, 0.3) is 11.8 Å². The molecule has 0 spiro atoms. The molecule has 0 fully saturated rings. The van der Waals surface area contributed by atoms with Crippen LogP contribution in [0, 0.1) is 19.7 Å². The summed E-state index contributed by atoms with van der Waals surface area (Å²) >= 11 is 0. The number of imide groups is 1. The highest BCUT2D eigenvalue weighted by Crippen LogP contribution is 2.25. The number of hydrogen-bond acceptors (Lipinski definition) is 3. The summed E-state index contributed by atoms with van der Waals surface area (Å²) in [5.74, 6) is -1.64. The predicted octanol–water partition coefficient (Wildman–Crippen LogP) is 3.71. The van der Waals surface area contributed by atoms with Gasteiger partial charge in [0, 0.05) is 22.6 Å². The minimum absolute atomic E-state index is 0.311. The largest absolute Gasteiger partial charge is 0.318 e. The molecule has 0 unspecified atom stereocenters. The van der Waals surface area contributed by atoms with Crippen molar-refractivity contribution in [2.24, 2.45) is 0 Å². The zero-order valence-corrected chi connectivity index (χ0v) is 15.4. The molecular weight excluding hydrogens is 359 g/mol. The Labute approximate surface area is 161 Å². The lowest BCUT2D eigenvalue weighted by Gasteiger charge is -2.13. The van der Waals surface area contributed by atoms with Crippen LogP contribution in [0.15, 0.2) is 54.6 Å².